The number of nitrogens with one attached hydrogen (secondary N) is 1. The van der Waals surface area contributed by atoms with E-state index in [1.54, 1.807) is 0 Å². The fourth-order valence-corrected chi connectivity index (χ4v) is 4.07. The number of amides is 1. The molecule has 4 nitrogen and oxygen atoms in total. The summed E-state index contributed by atoms with van der Waals surface area (Å²) in [5.74, 6) is 2.02. The van der Waals surface area contributed by atoms with Crippen LogP contribution in [-0.4, -0.2) is 15.5 Å². The van der Waals surface area contributed by atoms with Crippen LogP contribution in [0.3, 0.4) is 0 Å². The lowest BCUT2D eigenvalue weighted by molar-refractivity contribution is -0.126. The Labute approximate surface area is 159 Å². The standard InChI is InChI=1S/C23H25N3O/c1-26-20-10-7-17(13-19(20)25-21(26)18-8-9-18)15-24-22(27)23(11-12-23)14-16-5-3-2-4-6-16/h2-7,10,13,18H,8-9,11-12,14-15H2,1H3,(H,24,27). The molecule has 2 aliphatic rings. The highest BCUT2D eigenvalue weighted by atomic mass is 16.2. The van der Waals surface area contributed by atoms with Gasteiger partial charge >= 0.3 is 0 Å². The molecule has 0 unspecified atom stereocenters. The first-order valence-electron chi connectivity index (χ1n) is 9.92. The fraction of sp³-hybridized carbons (Fsp3) is 0.391. The third-order valence-corrected chi connectivity index (χ3v) is 6.10. The van der Waals surface area contributed by atoms with Crippen molar-refractivity contribution in [1.82, 2.24) is 14.9 Å². The quantitative estimate of drug-likeness (QED) is 0.720. The van der Waals surface area contributed by atoms with Gasteiger partial charge in [-0.25, -0.2) is 4.98 Å². The first-order valence-corrected chi connectivity index (χ1v) is 9.92. The van der Waals surface area contributed by atoms with Crippen molar-refractivity contribution in [2.45, 2.75) is 44.6 Å². The SMILES string of the molecule is Cn1c(C2CC2)nc2cc(CNC(=O)C3(Cc4ccccc4)CC3)ccc21. The summed E-state index contributed by atoms with van der Waals surface area (Å²) in [4.78, 5) is 17.6. The zero-order valence-electron chi connectivity index (χ0n) is 15.7. The number of rotatable bonds is 6. The summed E-state index contributed by atoms with van der Waals surface area (Å²) in [6.45, 7) is 0.570. The van der Waals surface area contributed by atoms with Crippen molar-refractivity contribution in [3.8, 4) is 0 Å². The van der Waals surface area contributed by atoms with Gasteiger partial charge < -0.3 is 9.88 Å². The summed E-state index contributed by atoms with van der Waals surface area (Å²) >= 11 is 0. The third kappa shape index (κ3) is 3.14. The van der Waals surface area contributed by atoms with Crippen LogP contribution >= 0.6 is 0 Å². The molecule has 1 N–H and O–H groups in total. The Morgan fingerprint density at radius 2 is 1.93 bits per heavy atom. The molecular weight excluding hydrogens is 334 g/mol. The molecule has 1 amide bonds. The first-order chi connectivity index (χ1) is 13.1. The van der Waals surface area contributed by atoms with Crippen LogP contribution in [0.4, 0.5) is 0 Å². The molecule has 138 valence electrons. The number of benzene rings is 2. The second-order valence-corrected chi connectivity index (χ2v) is 8.25. The van der Waals surface area contributed by atoms with Crippen molar-refractivity contribution in [3.05, 3.63) is 65.5 Å². The van der Waals surface area contributed by atoms with Crippen LogP contribution in [0.15, 0.2) is 48.5 Å². The van der Waals surface area contributed by atoms with E-state index in [0.29, 0.717) is 12.5 Å². The topological polar surface area (TPSA) is 46.9 Å². The van der Waals surface area contributed by atoms with Gasteiger partial charge in [-0.2, -0.15) is 0 Å². The summed E-state index contributed by atoms with van der Waals surface area (Å²) in [6, 6.07) is 16.7. The molecule has 3 aromatic rings. The van der Waals surface area contributed by atoms with Crippen molar-refractivity contribution < 1.29 is 4.79 Å². The normalized spacial score (nSPS) is 17.8. The lowest BCUT2D eigenvalue weighted by atomic mass is 9.95. The van der Waals surface area contributed by atoms with Gasteiger partial charge in [0.15, 0.2) is 0 Å². The Kier molecular flexibility index (Phi) is 3.81. The van der Waals surface area contributed by atoms with Crippen molar-refractivity contribution in [2.24, 2.45) is 12.5 Å². The number of hydrogen-bond acceptors (Lipinski definition) is 2. The van der Waals surface area contributed by atoms with Crippen LogP contribution < -0.4 is 5.32 Å². The summed E-state index contributed by atoms with van der Waals surface area (Å²) in [5.41, 5.74) is 4.38. The molecule has 5 rings (SSSR count). The maximum Gasteiger partial charge on any atom is 0.226 e. The molecule has 2 aromatic carbocycles. The van der Waals surface area contributed by atoms with Gasteiger partial charge in [-0.15, -0.1) is 0 Å². The molecule has 0 radical (unpaired) electrons. The van der Waals surface area contributed by atoms with Gasteiger partial charge in [-0.3, -0.25) is 4.79 Å². The molecule has 0 spiro atoms. The fourth-order valence-electron chi connectivity index (χ4n) is 4.07. The highest BCUT2D eigenvalue weighted by molar-refractivity contribution is 5.85. The molecular formula is C23H25N3O. The first kappa shape index (κ1) is 16.5. The molecule has 2 saturated carbocycles. The molecule has 27 heavy (non-hydrogen) atoms. The maximum atomic E-state index is 12.8. The van der Waals surface area contributed by atoms with E-state index in [1.807, 2.05) is 18.2 Å². The number of nitrogens with zero attached hydrogens (tertiary/aromatic N) is 2. The number of carbonyl (C=O) groups excluding carboxylic acids is 1. The van der Waals surface area contributed by atoms with Crippen molar-refractivity contribution in [3.63, 3.8) is 0 Å². The highest BCUT2D eigenvalue weighted by Crippen LogP contribution is 2.48. The molecule has 2 aliphatic carbocycles. The van der Waals surface area contributed by atoms with Gasteiger partial charge in [0.05, 0.1) is 16.4 Å². The number of carbonyl (C=O) groups is 1. The van der Waals surface area contributed by atoms with Crippen molar-refractivity contribution >= 4 is 16.9 Å². The summed E-state index contributed by atoms with van der Waals surface area (Å²) < 4.78 is 2.22. The van der Waals surface area contributed by atoms with E-state index >= 15 is 0 Å². The molecule has 2 fully saturated rings. The number of fused-ring (bicyclic) bond motifs is 1. The van der Waals surface area contributed by atoms with E-state index in [2.05, 4.69) is 47.3 Å². The number of hydrogen-bond donors (Lipinski definition) is 1. The van der Waals surface area contributed by atoms with E-state index < -0.39 is 0 Å². The monoisotopic (exact) mass is 359 g/mol. The van der Waals surface area contributed by atoms with Gasteiger partial charge in [0.2, 0.25) is 5.91 Å². The van der Waals surface area contributed by atoms with Crippen LogP contribution in [0.5, 0.6) is 0 Å². The Bertz CT molecular complexity index is 997. The summed E-state index contributed by atoms with van der Waals surface area (Å²) in [6.07, 6.45) is 5.31. The average Bonchev–Trinajstić information content (AvgIpc) is 3.61. The number of aromatic nitrogens is 2. The van der Waals surface area contributed by atoms with Gasteiger partial charge in [-0.1, -0.05) is 36.4 Å². The van der Waals surface area contributed by atoms with E-state index in [9.17, 15) is 4.79 Å². The predicted octanol–water partition coefficient (Wildman–Crippen LogP) is 4.09. The van der Waals surface area contributed by atoms with E-state index in [1.165, 1.54) is 29.7 Å². The third-order valence-electron chi connectivity index (χ3n) is 6.10. The highest BCUT2D eigenvalue weighted by Gasteiger charge is 2.49. The molecule has 4 heteroatoms. The van der Waals surface area contributed by atoms with Crippen molar-refractivity contribution in [1.29, 1.82) is 0 Å². The predicted molar refractivity (Wildman–Crippen MR) is 106 cm³/mol. The average molecular weight is 359 g/mol. The van der Waals surface area contributed by atoms with Crippen LogP contribution in [-0.2, 0) is 24.8 Å². The van der Waals surface area contributed by atoms with Gasteiger partial charge in [-0.05, 0) is 55.4 Å². The second kappa shape index (κ2) is 6.22. The van der Waals surface area contributed by atoms with Crippen LogP contribution in [0.25, 0.3) is 11.0 Å². The van der Waals surface area contributed by atoms with Gasteiger partial charge in [0.1, 0.15) is 5.82 Å². The molecule has 0 saturated heterocycles. The Morgan fingerprint density at radius 1 is 1.15 bits per heavy atom. The maximum absolute atomic E-state index is 12.8. The van der Waals surface area contributed by atoms with Gasteiger partial charge in [0.25, 0.3) is 0 Å². The van der Waals surface area contributed by atoms with E-state index in [0.717, 1.165) is 30.3 Å². The molecule has 1 heterocycles. The molecule has 0 bridgehead atoms. The molecule has 0 aliphatic heterocycles. The smallest absolute Gasteiger partial charge is 0.226 e. The minimum Gasteiger partial charge on any atom is -0.352 e. The second-order valence-electron chi connectivity index (χ2n) is 8.25. The summed E-state index contributed by atoms with van der Waals surface area (Å²) in [5, 5.41) is 3.17. The van der Waals surface area contributed by atoms with Crippen LogP contribution in [0.2, 0.25) is 0 Å². The molecule has 1 aromatic heterocycles. The van der Waals surface area contributed by atoms with E-state index in [4.69, 9.17) is 4.98 Å². The minimum atomic E-state index is -0.199. The molecule has 0 atom stereocenters. The van der Waals surface area contributed by atoms with Crippen molar-refractivity contribution in [2.75, 3.05) is 0 Å². The Hall–Kier alpha value is -2.62. The zero-order chi connectivity index (χ0) is 18.4. The van der Waals surface area contributed by atoms with Crippen LogP contribution in [0.1, 0.15) is 48.6 Å². The van der Waals surface area contributed by atoms with E-state index in [-0.39, 0.29) is 11.3 Å². The lowest BCUT2D eigenvalue weighted by Crippen LogP contribution is -2.32. The van der Waals surface area contributed by atoms with Crippen LogP contribution in [0, 0.1) is 5.41 Å². The number of aryl methyl sites for hydroxylation is 1. The largest absolute Gasteiger partial charge is 0.352 e. The Morgan fingerprint density at radius 3 is 2.63 bits per heavy atom. The lowest BCUT2D eigenvalue weighted by Gasteiger charge is -2.15. The Balaban J connectivity index is 1.27. The van der Waals surface area contributed by atoms with Gasteiger partial charge in [0, 0.05) is 19.5 Å². The minimum absolute atomic E-state index is 0.186. The zero-order valence-corrected chi connectivity index (χ0v) is 15.7. The number of imidazole rings is 1. The summed E-state index contributed by atoms with van der Waals surface area (Å²) in [7, 11) is 2.10.